The van der Waals surface area contributed by atoms with E-state index in [0.717, 1.165) is 18.6 Å². The topological polar surface area (TPSA) is 69.7 Å². The van der Waals surface area contributed by atoms with Crippen molar-refractivity contribution in [3.63, 3.8) is 0 Å². The number of anilines is 2. The average molecular weight is 426 g/mol. The minimum absolute atomic E-state index is 0.258. The molecule has 0 aliphatic heterocycles. The molecule has 0 aromatic heterocycles. The first-order valence-electron chi connectivity index (χ1n) is 7.47. The van der Waals surface area contributed by atoms with Crippen LogP contribution in [0.25, 0.3) is 0 Å². The zero-order chi connectivity index (χ0) is 18.8. The summed E-state index contributed by atoms with van der Waals surface area (Å²) in [6.45, 7) is 1.94. The monoisotopic (exact) mass is 425 g/mol. The first-order chi connectivity index (χ1) is 11.6. The highest BCUT2D eigenvalue weighted by molar-refractivity contribution is 9.10. The van der Waals surface area contributed by atoms with Crippen LogP contribution in [0.1, 0.15) is 15.9 Å². The normalized spacial score (nSPS) is 11.4. The smallest absolute Gasteiger partial charge is 0.303 e. The Hall–Kier alpha value is -1.90. The summed E-state index contributed by atoms with van der Waals surface area (Å²) in [5, 5.41) is 2.82. The molecule has 2 aromatic carbocycles. The lowest BCUT2D eigenvalue weighted by atomic mass is 10.1. The Kier molecular flexibility index (Phi) is 5.87. The molecule has 2 aromatic rings. The molecule has 8 heteroatoms. The van der Waals surface area contributed by atoms with Crippen molar-refractivity contribution >= 4 is 43.4 Å². The van der Waals surface area contributed by atoms with Gasteiger partial charge in [-0.25, -0.2) is 0 Å². The van der Waals surface area contributed by atoms with Crippen molar-refractivity contribution < 1.29 is 13.2 Å². The van der Waals surface area contributed by atoms with Crippen molar-refractivity contribution in [1.82, 2.24) is 4.31 Å². The average Bonchev–Trinajstić information content (AvgIpc) is 2.57. The summed E-state index contributed by atoms with van der Waals surface area (Å²) < 4.78 is 27.5. The van der Waals surface area contributed by atoms with Crippen molar-refractivity contribution in [2.24, 2.45) is 0 Å². The van der Waals surface area contributed by atoms with Gasteiger partial charge in [0.25, 0.3) is 5.91 Å². The van der Waals surface area contributed by atoms with Crippen LogP contribution in [-0.4, -0.2) is 39.8 Å². The van der Waals surface area contributed by atoms with Crippen molar-refractivity contribution in [2.45, 2.75) is 6.92 Å². The van der Waals surface area contributed by atoms with Gasteiger partial charge in [-0.1, -0.05) is 15.9 Å². The molecule has 0 spiro atoms. The maximum absolute atomic E-state index is 12.3. The van der Waals surface area contributed by atoms with Crippen LogP contribution in [-0.2, 0) is 10.2 Å². The van der Waals surface area contributed by atoms with E-state index in [4.69, 9.17) is 0 Å². The molecule has 1 N–H and O–H groups in total. The Balaban J connectivity index is 2.16. The predicted molar refractivity (Wildman–Crippen MR) is 104 cm³/mol. The summed E-state index contributed by atoms with van der Waals surface area (Å²) in [6.07, 6.45) is 0. The fourth-order valence-electron chi connectivity index (χ4n) is 2.13. The minimum atomic E-state index is -3.56. The molecule has 0 aliphatic carbocycles. The third-order valence-electron chi connectivity index (χ3n) is 3.72. The van der Waals surface area contributed by atoms with Gasteiger partial charge < -0.3 is 5.32 Å². The van der Waals surface area contributed by atoms with Gasteiger partial charge >= 0.3 is 10.2 Å². The molecular weight excluding hydrogens is 406 g/mol. The standard InChI is InChI=1S/C17H20BrN3O3S/c1-12-11-14(7-10-16(12)18)19-17(22)13-5-8-15(9-6-13)21(4)25(23,24)20(2)3/h5-11H,1-4H3,(H,19,22). The molecule has 2 rings (SSSR count). The lowest BCUT2D eigenvalue weighted by Crippen LogP contribution is -2.37. The number of rotatable bonds is 5. The molecule has 1 amide bonds. The van der Waals surface area contributed by atoms with E-state index in [1.165, 1.54) is 21.1 Å². The van der Waals surface area contributed by atoms with Gasteiger partial charge in [0, 0.05) is 36.9 Å². The molecule has 0 unspecified atom stereocenters. The second-order valence-corrected chi connectivity index (χ2v) is 8.75. The maximum atomic E-state index is 12.3. The van der Waals surface area contributed by atoms with Crippen LogP contribution in [0.3, 0.4) is 0 Å². The molecule has 25 heavy (non-hydrogen) atoms. The van der Waals surface area contributed by atoms with Gasteiger partial charge in [0.15, 0.2) is 0 Å². The van der Waals surface area contributed by atoms with Crippen LogP contribution in [0.5, 0.6) is 0 Å². The summed E-state index contributed by atoms with van der Waals surface area (Å²) in [6, 6.07) is 11.9. The Morgan fingerprint density at radius 1 is 1.04 bits per heavy atom. The molecule has 0 radical (unpaired) electrons. The Bertz CT molecular complexity index is 881. The molecule has 0 aliphatic rings. The number of carbonyl (C=O) groups excluding carboxylic acids is 1. The molecule has 0 fully saturated rings. The lowest BCUT2D eigenvalue weighted by molar-refractivity contribution is 0.102. The third kappa shape index (κ3) is 4.39. The zero-order valence-electron chi connectivity index (χ0n) is 14.4. The van der Waals surface area contributed by atoms with E-state index in [-0.39, 0.29) is 5.91 Å². The predicted octanol–water partition coefficient (Wildman–Crippen LogP) is 3.25. The fourth-order valence-corrected chi connectivity index (χ4v) is 3.25. The Labute approximate surface area is 156 Å². The highest BCUT2D eigenvalue weighted by Gasteiger charge is 2.21. The number of amides is 1. The van der Waals surface area contributed by atoms with E-state index >= 15 is 0 Å². The quantitative estimate of drug-likeness (QED) is 0.798. The first-order valence-corrected chi connectivity index (χ1v) is 9.66. The van der Waals surface area contributed by atoms with Gasteiger partial charge in [0.2, 0.25) is 0 Å². The molecule has 0 saturated heterocycles. The number of halogens is 1. The van der Waals surface area contributed by atoms with Crippen LogP contribution in [0.4, 0.5) is 11.4 Å². The fraction of sp³-hybridized carbons (Fsp3) is 0.235. The molecule has 6 nitrogen and oxygen atoms in total. The van der Waals surface area contributed by atoms with E-state index in [9.17, 15) is 13.2 Å². The number of benzene rings is 2. The van der Waals surface area contributed by atoms with Crippen molar-refractivity contribution in [3.8, 4) is 0 Å². The van der Waals surface area contributed by atoms with Crippen LogP contribution >= 0.6 is 15.9 Å². The van der Waals surface area contributed by atoms with Gasteiger partial charge in [-0.15, -0.1) is 0 Å². The molecule has 0 heterocycles. The number of nitrogens with one attached hydrogen (secondary N) is 1. The first kappa shape index (κ1) is 19.4. The van der Waals surface area contributed by atoms with Crippen molar-refractivity contribution in [3.05, 3.63) is 58.1 Å². The minimum Gasteiger partial charge on any atom is -0.322 e. The highest BCUT2D eigenvalue weighted by Crippen LogP contribution is 2.22. The summed E-state index contributed by atoms with van der Waals surface area (Å²) in [5.41, 5.74) is 2.63. The van der Waals surface area contributed by atoms with Gasteiger partial charge in [0.05, 0.1) is 5.69 Å². The van der Waals surface area contributed by atoms with E-state index in [2.05, 4.69) is 21.2 Å². The van der Waals surface area contributed by atoms with Crippen LogP contribution in [0, 0.1) is 6.92 Å². The SMILES string of the molecule is Cc1cc(NC(=O)c2ccc(N(C)S(=O)(=O)N(C)C)cc2)ccc1Br. The summed E-state index contributed by atoms with van der Waals surface area (Å²) in [7, 11) is 0.841. The highest BCUT2D eigenvalue weighted by atomic mass is 79.9. The summed E-state index contributed by atoms with van der Waals surface area (Å²) in [4.78, 5) is 12.3. The second kappa shape index (κ2) is 7.55. The number of nitrogens with zero attached hydrogens (tertiary/aromatic N) is 2. The molecule has 0 saturated carbocycles. The molecule has 0 atom stereocenters. The van der Waals surface area contributed by atoms with E-state index < -0.39 is 10.2 Å². The van der Waals surface area contributed by atoms with Gasteiger partial charge in [-0.2, -0.15) is 12.7 Å². The zero-order valence-corrected chi connectivity index (χ0v) is 16.8. The summed E-state index contributed by atoms with van der Waals surface area (Å²) in [5.74, 6) is -0.258. The number of carbonyl (C=O) groups is 1. The number of hydrogen-bond donors (Lipinski definition) is 1. The van der Waals surface area contributed by atoms with Crippen molar-refractivity contribution in [1.29, 1.82) is 0 Å². The van der Waals surface area contributed by atoms with Crippen LogP contribution < -0.4 is 9.62 Å². The molecule has 134 valence electrons. The van der Waals surface area contributed by atoms with Crippen molar-refractivity contribution in [2.75, 3.05) is 30.8 Å². The second-order valence-electron chi connectivity index (χ2n) is 5.72. The van der Waals surface area contributed by atoms with Gasteiger partial charge in [-0.3, -0.25) is 9.10 Å². The maximum Gasteiger partial charge on any atom is 0.303 e. The lowest BCUT2D eigenvalue weighted by Gasteiger charge is -2.23. The number of aryl methyl sites for hydroxylation is 1. The van der Waals surface area contributed by atoms with E-state index in [1.807, 2.05) is 19.1 Å². The van der Waals surface area contributed by atoms with Gasteiger partial charge in [0.1, 0.15) is 0 Å². The molecule has 0 bridgehead atoms. The Morgan fingerprint density at radius 2 is 1.64 bits per heavy atom. The third-order valence-corrected chi connectivity index (χ3v) is 6.43. The largest absolute Gasteiger partial charge is 0.322 e. The Morgan fingerprint density at radius 3 is 2.16 bits per heavy atom. The van der Waals surface area contributed by atoms with Crippen LogP contribution in [0.2, 0.25) is 0 Å². The van der Waals surface area contributed by atoms with E-state index in [0.29, 0.717) is 16.9 Å². The van der Waals surface area contributed by atoms with E-state index in [1.54, 1.807) is 30.3 Å². The van der Waals surface area contributed by atoms with Crippen LogP contribution in [0.15, 0.2) is 46.9 Å². The number of hydrogen-bond acceptors (Lipinski definition) is 3. The summed E-state index contributed by atoms with van der Waals surface area (Å²) >= 11 is 3.42. The van der Waals surface area contributed by atoms with Gasteiger partial charge in [-0.05, 0) is 55.0 Å². The molecular formula is C17H20BrN3O3S.